The van der Waals surface area contributed by atoms with Crippen LogP contribution >= 0.6 is 0 Å². The highest BCUT2D eigenvalue weighted by Crippen LogP contribution is 2.32. The Bertz CT molecular complexity index is 1170. The van der Waals surface area contributed by atoms with Crippen molar-refractivity contribution in [2.75, 3.05) is 13.1 Å². The molecular formula is C29H31N3O3. The average molecular weight is 470 g/mol. The first-order chi connectivity index (χ1) is 17.0. The van der Waals surface area contributed by atoms with Crippen LogP contribution in [-0.2, 0) is 29.1 Å². The molecule has 0 N–H and O–H groups in total. The number of piperidine rings is 1. The lowest BCUT2D eigenvalue weighted by Crippen LogP contribution is -2.44. The van der Waals surface area contributed by atoms with E-state index < -0.39 is 6.04 Å². The fraction of sp³-hybridized carbons (Fsp3) is 0.448. The second-order valence-corrected chi connectivity index (χ2v) is 10.1. The Labute approximate surface area is 206 Å². The van der Waals surface area contributed by atoms with E-state index in [4.69, 9.17) is 6.42 Å². The number of rotatable bonds is 6. The number of nitrogens with zero attached hydrogens (tertiary/aromatic N) is 3. The summed E-state index contributed by atoms with van der Waals surface area (Å²) in [7, 11) is 0. The van der Waals surface area contributed by atoms with Gasteiger partial charge in [-0.3, -0.25) is 19.3 Å². The Morgan fingerprint density at radius 1 is 1.06 bits per heavy atom. The number of benzene rings is 1. The number of fused-ring (bicyclic) bond motifs is 1. The van der Waals surface area contributed by atoms with Gasteiger partial charge in [0.05, 0.1) is 12.5 Å². The van der Waals surface area contributed by atoms with Gasteiger partial charge in [-0.1, -0.05) is 24.1 Å². The molecule has 1 aromatic carbocycles. The molecule has 2 aromatic rings. The number of likely N-dealkylation sites (tertiary alicyclic amines) is 1. The Balaban J connectivity index is 1.15. The third-order valence-corrected chi connectivity index (χ3v) is 7.82. The van der Waals surface area contributed by atoms with Gasteiger partial charge in [-0.2, -0.15) is 0 Å². The van der Waals surface area contributed by atoms with Crippen molar-refractivity contribution in [1.29, 1.82) is 0 Å². The van der Waals surface area contributed by atoms with Gasteiger partial charge in [-0.15, -0.1) is 6.42 Å². The van der Waals surface area contributed by atoms with E-state index in [9.17, 15) is 14.4 Å². The number of ketones is 2. The highest BCUT2D eigenvalue weighted by molar-refractivity contribution is 6.07. The minimum Gasteiger partial charge on any atom is -0.324 e. The maximum absolute atomic E-state index is 13.1. The van der Waals surface area contributed by atoms with Crippen LogP contribution in [0.3, 0.4) is 0 Å². The van der Waals surface area contributed by atoms with E-state index in [2.05, 4.69) is 27.9 Å². The van der Waals surface area contributed by atoms with Gasteiger partial charge >= 0.3 is 0 Å². The largest absolute Gasteiger partial charge is 0.324 e. The summed E-state index contributed by atoms with van der Waals surface area (Å²) in [5, 5.41) is 0. The molecule has 1 saturated carbocycles. The first-order valence-electron chi connectivity index (χ1n) is 12.6. The number of amides is 1. The van der Waals surface area contributed by atoms with Gasteiger partial charge in [-0.25, -0.2) is 4.98 Å². The number of hydrogen-bond donors (Lipinski definition) is 0. The smallest absolute Gasteiger partial charge is 0.255 e. The first-order valence-corrected chi connectivity index (χ1v) is 12.6. The summed E-state index contributed by atoms with van der Waals surface area (Å²) in [4.78, 5) is 45.6. The first kappa shape index (κ1) is 23.4. The fourth-order valence-corrected chi connectivity index (χ4v) is 5.75. The molecule has 1 unspecified atom stereocenters. The zero-order valence-corrected chi connectivity index (χ0v) is 20.0. The van der Waals surface area contributed by atoms with Crippen LogP contribution in [0.25, 0.3) is 0 Å². The molecule has 0 radical (unpaired) electrons. The Morgan fingerprint density at radius 3 is 2.60 bits per heavy atom. The summed E-state index contributed by atoms with van der Waals surface area (Å²) in [6.07, 6.45) is 12.5. The summed E-state index contributed by atoms with van der Waals surface area (Å²) in [6.45, 7) is 3.53. The molecule has 35 heavy (non-hydrogen) atoms. The molecular weight excluding hydrogens is 438 g/mol. The Morgan fingerprint density at radius 2 is 1.89 bits per heavy atom. The molecule has 180 valence electrons. The van der Waals surface area contributed by atoms with E-state index in [1.54, 1.807) is 4.90 Å². The molecule has 6 heteroatoms. The third kappa shape index (κ3) is 5.06. The molecule has 1 aromatic heterocycles. The lowest BCUT2D eigenvalue weighted by atomic mass is 9.89. The summed E-state index contributed by atoms with van der Waals surface area (Å²) in [6, 6.07) is 9.48. The van der Waals surface area contributed by atoms with Gasteiger partial charge in [0, 0.05) is 31.3 Å². The van der Waals surface area contributed by atoms with Gasteiger partial charge in [0.25, 0.3) is 5.91 Å². The molecule has 1 aliphatic carbocycles. The number of carbonyl (C=O) groups excluding carboxylic acids is 3. The molecule has 5 rings (SSSR count). The van der Waals surface area contributed by atoms with Crippen molar-refractivity contribution in [1.82, 2.24) is 14.8 Å². The van der Waals surface area contributed by atoms with Crippen LogP contribution in [0.4, 0.5) is 0 Å². The van der Waals surface area contributed by atoms with Crippen molar-refractivity contribution in [3.8, 4) is 12.3 Å². The topological polar surface area (TPSA) is 70.6 Å². The van der Waals surface area contributed by atoms with Crippen molar-refractivity contribution < 1.29 is 14.4 Å². The van der Waals surface area contributed by atoms with Crippen molar-refractivity contribution in [3.05, 3.63) is 64.5 Å². The highest BCUT2D eigenvalue weighted by Gasteiger charge is 2.39. The van der Waals surface area contributed by atoms with Crippen molar-refractivity contribution in [3.63, 3.8) is 0 Å². The summed E-state index contributed by atoms with van der Waals surface area (Å²) in [5.74, 6) is 3.04. The number of aryl methyl sites for hydroxylation is 1. The summed E-state index contributed by atoms with van der Waals surface area (Å²) >= 11 is 0. The average Bonchev–Trinajstić information content (AvgIpc) is 3.21. The monoisotopic (exact) mass is 469 g/mol. The van der Waals surface area contributed by atoms with Gasteiger partial charge < -0.3 is 4.90 Å². The standard InChI is InChI=1S/C29H31N3O3/c1-2-23-9-7-21(17-30-23)18-31-14-12-20(13-15-31)6-8-22-4-3-5-25-26(22)19-32(29(25)35)27-11-10-24(33)16-28(27)34/h1,3-5,7,9,17,20,27H,6,8,10-16,18-19H2. The lowest BCUT2D eigenvalue weighted by Gasteiger charge is -2.32. The zero-order chi connectivity index (χ0) is 24.4. The number of carbonyl (C=O) groups is 3. The lowest BCUT2D eigenvalue weighted by molar-refractivity contribution is -0.133. The molecule has 0 bridgehead atoms. The minimum absolute atomic E-state index is 0.0133. The molecule has 0 spiro atoms. The quantitative estimate of drug-likeness (QED) is 0.478. The van der Waals surface area contributed by atoms with Gasteiger partial charge in [0.1, 0.15) is 11.5 Å². The van der Waals surface area contributed by atoms with Crippen LogP contribution in [0.5, 0.6) is 0 Å². The van der Waals surface area contributed by atoms with Crippen molar-refractivity contribution in [2.45, 2.75) is 64.1 Å². The number of hydrogen-bond acceptors (Lipinski definition) is 5. The maximum Gasteiger partial charge on any atom is 0.255 e. The molecule has 2 aliphatic heterocycles. The second kappa shape index (κ2) is 10.1. The predicted octanol–water partition coefficient (Wildman–Crippen LogP) is 3.55. The SMILES string of the molecule is C#Cc1ccc(CN2CCC(CCc3cccc4c3CN(C3CCC(=O)CC3=O)C4=O)CC2)cn1. The van der Waals surface area contributed by atoms with Crippen LogP contribution in [0.2, 0.25) is 0 Å². The van der Waals surface area contributed by atoms with Crippen LogP contribution in [-0.4, -0.2) is 51.4 Å². The number of Topliss-reactive ketones (excluding diaryl/α,β-unsaturated/α-hetero) is 2. The third-order valence-electron chi connectivity index (χ3n) is 7.82. The minimum atomic E-state index is -0.456. The molecule has 6 nitrogen and oxygen atoms in total. The van der Waals surface area contributed by atoms with Gasteiger partial charge in [0.15, 0.2) is 5.78 Å². The van der Waals surface area contributed by atoms with Gasteiger partial charge in [-0.05, 0) is 79.9 Å². The van der Waals surface area contributed by atoms with Crippen molar-refractivity contribution >= 4 is 17.5 Å². The number of aromatic nitrogens is 1. The summed E-state index contributed by atoms with van der Waals surface area (Å²) < 4.78 is 0. The highest BCUT2D eigenvalue weighted by atomic mass is 16.2. The molecule has 3 aliphatic rings. The normalized spacial score (nSPS) is 21.3. The molecule has 1 saturated heterocycles. The summed E-state index contributed by atoms with van der Waals surface area (Å²) in [5.41, 5.74) is 4.89. The van der Waals surface area contributed by atoms with Crippen LogP contribution < -0.4 is 0 Å². The van der Waals surface area contributed by atoms with E-state index in [1.807, 2.05) is 24.4 Å². The van der Waals surface area contributed by atoms with E-state index in [1.165, 1.54) is 24.0 Å². The Kier molecular flexibility index (Phi) is 6.79. The predicted molar refractivity (Wildman–Crippen MR) is 132 cm³/mol. The number of pyridine rings is 1. The van der Waals surface area contributed by atoms with Crippen LogP contribution in [0.1, 0.15) is 71.3 Å². The van der Waals surface area contributed by atoms with E-state index in [0.717, 1.165) is 43.6 Å². The molecule has 1 amide bonds. The van der Waals surface area contributed by atoms with Crippen molar-refractivity contribution in [2.24, 2.45) is 5.92 Å². The van der Waals surface area contributed by atoms with E-state index in [0.29, 0.717) is 31.0 Å². The van der Waals surface area contributed by atoms with Crippen LogP contribution in [0, 0.1) is 18.3 Å². The second-order valence-electron chi connectivity index (χ2n) is 10.1. The molecule has 2 fully saturated rings. The molecule has 3 heterocycles. The Hall–Kier alpha value is -3.30. The maximum atomic E-state index is 13.1. The van der Waals surface area contributed by atoms with E-state index >= 15 is 0 Å². The zero-order valence-electron chi connectivity index (χ0n) is 20.0. The molecule has 1 atom stereocenters. The van der Waals surface area contributed by atoms with Crippen LogP contribution in [0.15, 0.2) is 36.5 Å². The number of terminal acetylenes is 1. The van der Waals surface area contributed by atoms with Gasteiger partial charge in [0.2, 0.25) is 0 Å². The van der Waals surface area contributed by atoms with E-state index in [-0.39, 0.29) is 23.9 Å². The fourth-order valence-electron chi connectivity index (χ4n) is 5.75.